The summed E-state index contributed by atoms with van der Waals surface area (Å²) < 4.78 is 38.5. The van der Waals surface area contributed by atoms with Crippen LogP contribution in [0.5, 0.6) is 0 Å². The number of rotatable bonds is 4. The minimum absolute atomic E-state index is 0.0132. The molecule has 0 saturated carbocycles. The minimum Gasteiger partial charge on any atom is -0.337 e. The van der Waals surface area contributed by atoms with Crippen LogP contribution in [-0.2, 0) is 15.8 Å². The molecule has 1 aromatic heterocycles. The predicted molar refractivity (Wildman–Crippen MR) is 107 cm³/mol. The molecule has 2 bridgehead atoms. The van der Waals surface area contributed by atoms with Gasteiger partial charge in [-0.15, -0.1) is 0 Å². The number of likely N-dealkylation sites (N-methyl/N-ethyl adjacent to an activating group) is 1. The van der Waals surface area contributed by atoms with Gasteiger partial charge >= 0.3 is 6.18 Å². The fourth-order valence-corrected chi connectivity index (χ4v) is 4.39. The molecule has 1 aromatic carbocycles. The zero-order valence-electron chi connectivity index (χ0n) is 16.7. The van der Waals surface area contributed by atoms with Crippen molar-refractivity contribution in [2.75, 3.05) is 18.9 Å². The Kier molecular flexibility index (Phi) is 5.28. The normalized spacial score (nSPS) is 19.4. The van der Waals surface area contributed by atoms with Gasteiger partial charge in [-0.05, 0) is 36.1 Å². The third-order valence-electron chi connectivity index (χ3n) is 5.69. The highest BCUT2D eigenvalue weighted by Crippen LogP contribution is 2.53. The third kappa shape index (κ3) is 3.91. The standard InChI is InChI=1S/C20H19ClF3N5O2/c1-10(30)28(2)9-17(31)29-15-5-6-16(29)13-7-11(3-4-12(13)15)26-19-25-8-14(18(21)27-19)20(22,23)24/h3-4,7-8,15-16H,5-6,9H2,1-2H3,(H,25,26,27)/t15-,16+/m0/s1. The lowest BCUT2D eigenvalue weighted by atomic mass is 9.91. The largest absolute Gasteiger partial charge is 0.420 e. The highest BCUT2D eigenvalue weighted by molar-refractivity contribution is 6.30. The lowest BCUT2D eigenvalue weighted by Crippen LogP contribution is -2.38. The number of nitrogens with one attached hydrogen (secondary N) is 1. The molecule has 7 nitrogen and oxygen atoms in total. The van der Waals surface area contributed by atoms with Crippen LogP contribution in [-0.4, -0.2) is 45.2 Å². The number of anilines is 2. The second kappa shape index (κ2) is 7.67. The first-order valence-corrected chi connectivity index (χ1v) is 9.97. The molecule has 164 valence electrons. The van der Waals surface area contributed by atoms with Crippen LogP contribution in [0.15, 0.2) is 24.4 Å². The molecule has 3 heterocycles. The van der Waals surface area contributed by atoms with E-state index in [1.165, 1.54) is 11.8 Å². The summed E-state index contributed by atoms with van der Waals surface area (Å²) in [4.78, 5) is 34.9. The van der Waals surface area contributed by atoms with Gasteiger partial charge in [0, 0.05) is 25.9 Å². The van der Waals surface area contributed by atoms with E-state index in [0.717, 1.165) is 24.0 Å². The van der Waals surface area contributed by atoms with Crippen LogP contribution in [0.3, 0.4) is 0 Å². The van der Waals surface area contributed by atoms with Crippen LogP contribution in [0.25, 0.3) is 0 Å². The molecular weight excluding hydrogens is 435 g/mol. The molecule has 31 heavy (non-hydrogen) atoms. The number of carbonyl (C=O) groups excluding carboxylic acids is 2. The van der Waals surface area contributed by atoms with Crippen molar-refractivity contribution in [1.29, 1.82) is 0 Å². The average Bonchev–Trinajstić information content (AvgIpc) is 3.24. The summed E-state index contributed by atoms with van der Waals surface area (Å²) in [6.45, 7) is 1.42. The number of alkyl halides is 3. The summed E-state index contributed by atoms with van der Waals surface area (Å²) in [6.07, 6.45) is -2.34. The van der Waals surface area contributed by atoms with Crippen molar-refractivity contribution in [3.05, 3.63) is 46.2 Å². The van der Waals surface area contributed by atoms with Crippen LogP contribution in [0.1, 0.15) is 48.5 Å². The van der Waals surface area contributed by atoms with E-state index in [1.54, 1.807) is 13.1 Å². The van der Waals surface area contributed by atoms with Crippen LogP contribution in [0.2, 0.25) is 5.15 Å². The van der Waals surface area contributed by atoms with Crippen LogP contribution >= 0.6 is 11.6 Å². The first kappa shape index (κ1) is 21.4. The Balaban J connectivity index is 1.54. The second-order valence-electron chi connectivity index (χ2n) is 7.65. The van der Waals surface area contributed by atoms with Crippen LogP contribution in [0.4, 0.5) is 24.8 Å². The number of aromatic nitrogens is 2. The zero-order valence-corrected chi connectivity index (χ0v) is 17.5. The van der Waals surface area contributed by atoms with Gasteiger partial charge in [0.15, 0.2) is 0 Å². The van der Waals surface area contributed by atoms with Gasteiger partial charge in [0.05, 0.1) is 18.6 Å². The van der Waals surface area contributed by atoms with E-state index in [2.05, 4.69) is 15.3 Å². The first-order valence-electron chi connectivity index (χ1n) is 9.59. The molecule has 1 N–H and O–H groups in total. The van der Waals surface area contributed by atoms with Crippen molar-refractivity contribution >= 4 is 35.1 Å². The molecular formula is C20H19ClF3N5O2. The molecule has 1 saturated heterocycles. The van der Waals surface area contributed by atoms with E-state index in [4.69, 9.17) is 11.6 Å². The Morgan fingerprint density at radius 3 is 2.55 bits per heavy atom. The number of fused-ring (bicyclic) bond motifs is 5. The van der Waals surface area contributed by atoms with Crippen molar-refractivity contribution < 1.29 is 22.8 Å². The van der Waals surface area contributed by atoms with Gasteiger partial charge in [-0.1, -0.05) is 17.7 Å². The smallest absolute Gasteiger partial charge is 0.337 e. The summed E-state index contributed by atoms with van der Waals surface area (Å²) in [5, 5.41) is 2.19. The summed E-state index contributed by atoms with van der Waals surface area (Å²) in [5.41, 5.74) is 1.48. The van der Waals surface area contributed by atoms with Gasteiger partial charge in [0.1, 0.15) is 10.7 Å². The number of halogens is 4. The highest BCUT2D eigenvalue weighted by Gasteiger charge is 2.46. The van der Waals surface area contributed by atoms with Gasteiger partial charge in [-0.2, -0.15) is 13.2 Å². The van der Waals surface area contributed by atoms with Crippen molar-refractivity contribution in [2.24, 2.45) is 0 Å². The molecule has 2 aliphatic rings. The summed E-state index contributed by atoms with van der Waals surface area (Å²) in [6, 6.07) is 5.36. The molecule has 4 rings (SSSR count). The van der Waals surface area contributed by atoms with E-state index in [1.807, 2.05) is 17.0 Å². The molecule has 0 radical (unpaired) electrons. The van der Waals surface area contributed by atoms with Gasteiger partial charge in [0.2, 0.25) is 17.8 Å². The maximum atomic E-state index is 12.8. The molecule has 2 amide bonds. The number of amides is 2. The molecule has 0 unspecified atom stereocenters. The predicted octanol–water partition coefficient (Wildman–Crippen LogP) is 4.09. The number of benzene rings is 1. The maximum absolute atomic E-state index is 12.8. The van der Waals surface area contributed by atoms with Crippen LogP contribution < -0.4 is 5.32 Å². The third-order valence-corrected chi connectivity index (χ3v) is 5.98. The Morgan fingerprint density at radius 2 is 1.94 bits per heavy atom. The maximum Gasteiger partial charge on any atom is 0.420 e. The number of carbonyl (C=O) groups is 2. The Hall–Kier alpha value is -2.88. The number of nitrogens with zero attached hydrogens (tertiary/aromatic N) is 4. The molecule has 0 spiro atoms. The molecule has 0 aliphatic carbocycles. The average molecular weight is 454 g/mol. The molecule has 2 atom stereocenters. The van der Waals surface area contributed by atoms with Crippen LogP contribution in [0, 0.1) is 0 Å². The SMILES string of the molecule is CC(=O)N(C)CC(=O)N1[C@@H]2CC[C@H]1c1ccc(Nc3ncc(C(F)(F)F)c(Cl)n3)cc12. The summed E-state index contributed by atoms with van der Waals surface area (Å²) in [5.74, 6) is -0.356. The number of hydrogen-bond acceptors (Lipinski definition) is 5. The Bertz CT molecular complexity index is 1060. The van der Waals surface area contributed by atoms with Crippen molar-refractivity contribution in [3.8, 4) is 0 Å². The molecule has 2 aliphatic heterocycles. The lowest BCUT2D eigenvalue weighted by molar-refractivity contribution is -0.140. The topological polar surface area (TPSA) is 78.4 Å². The van der Waals surface area contributed by atoms with E-state index >= 15 is 0 Å². The molecule has 2 aromatic rings. The zero-order chi connectivity index (χ0) is 22.5. The highest BCUT2D eigenvalue weighted by atomic mass is 35.5. The quantitative estimate of drug-likeness (QED) is 0.705. The fraction of sp³-hybridized carbons (Fsp3) is 0.400. The van der Waals surface area contributed by atoms with E-state index in [-0.39, 0.29) is 36.4 Å². The van der Waals surface area contributed by atoms with Crippen molar-refractivity contribution in [1.82, 2.24) is 19.8 Å². The summed E-state index contributed by atoms with van der Waals surface area (Å²) >= 11 is 5.66. The lowest BCUT2D eigenvalue weighted by Gasteiger charge is -2.25. The summed E-state index contributed by atoms with van der Waals surface area (Å²) in [7, 11) is 1.59. The molecule has 11 heteroatoms. The van der Waals surface area contributed by atoms with E-state index < -0.39 is 16.9 Å². The Labute approximate surface area is 181 Å². The number of hydrogen-bond donors (Lipinski definition) is 1. The van der Waals surface area contributed by atoms with Crippen molar-refractivity contribution in [3.63, 3.8) is 0 Å². The van der Waals surface area contributed by atoms with Gasteiger partial charge in [-0.25, -0.2) is 9.97 Å². The monoisotopic (exact) mass is 453 g/mol. The van der Waals surface area contributed by atoms with Gasteiger partial charge in [0.25, 0.3) is 0 Å². The van der Waals surface area contributed by atoms with E-state index in [0.29, 0.717) is 11.9 Å². The first-order chi connectivity index (χ1) is 14.6. The second-order valence-corrected chi connectivity index (χ2v) is 8.01. The van der Waals surface area contributed by atoms with Gasteiger partial charge in [-0.3, -0.25) is 9.59 Å². The minimum atomic E-state index is -4.63. The van der Waals surface area contributed by atoms with Gasteiger partial charge < -0.3 is 15.1 Å². The van der Waals surface area contributed by atoms with Crippen molar-refractivity contribution in [2.45, 2.75) is 38.0 Å². The Morgan fingerprint density at radius 1 is 1.26 bits per heavy atom. The molecule has 1 fully saturated rings. The van der Waals surface area contributed by atoms with E-state index in [9.17, 15) is 22.8 Å². The fourth-order valence-electron chi connectivity index (χ4n) is 4.15.